The average molecular weight is 693 g/mol. The van der Waals surface area contributed by atoms with Gasteiger partial charge in [-0.3, -0.25) is 24.0 Å². The maximum absolute atomic E-state index is 14.5. The predicted molar refractivity (Wildman–Crippen MR) is 191 cm³/mol. The number of fused-ring (bicyclic) bond motifs is 2. The number of nitrogens with zero attached hydrogens (tertiary/aromatic N) is 1. The molecule has 0 unspecified atom stereocenters. The molecule has 6 N–H and O–H groups in total. The monoisotopic (exact) mass is 692 g/mol. The lowest BCUT2D eigenvalue weighted by atomic mass is 9.99. The summed E-state index contributed by atoms with van der Waals surface area (Å²) >= 11 is 0. The summed E-state index contributed by atoms with van der Waals surface area (Å²) in [5, 5.41) is 9.62. The number of amides is 4. The fourth-order valence-corrected chi connectivity index (χ4v) is 6.74. The molecular weight excluding hydrogens is 648 g/mol. The summed E-state index contributed by atoms with van der Waals surface area (Å²) in [7, 11) is 0. The van der Waals surface area contributed by atoms with Crippen LogP contribution in [-0.4, -0.2) is 82.3 Å². The van der Waals surface area contributed by atoms with Crippen molar-refractivity contribution >= 4 is 40.5 Å². The average Bonchev–Trinajstić information content (AvgIpc) is 3.74. The number of H-pyrrole nitrogens is 1. The third-order valence-electron chi connectivity index (χ3n) is 9.67. The molecule has 2 aliphatic rings. The number of aromatic nitrogens is 1. The Hall–Kier alpha value is -5.49. The van der Waals surface area contributed by atoms with Gasteiger partial charge in [0.15, 0.2) is 0 Å². The van der Waals surface area contributed by atoms with Crippen LogP contribution >= 0.6 is 0 Å². The second kappa shape index (κ2) is 15.6. The third kappa shape index (κ3) is 8.29. The highest BCUT2D eigenvalue weighted by atomic mass is 16.5. The van der Waals surface area contributed by atoms with Crippen molar-refractivity contribution in [3.63, 3.8) is 0 Å². The highest BCUT2D eigenvalue weighted by molar-refractivity contribution is 5.98. The number of esters is 1. The lowest BCUT2D eigenvalue weighted by molar-refractivity contribution is -0.152. The van der Waals surface area contributed by atoms with Gasteiger partial charge in [0.05, 0.1) is 6.54 Å². The van der Waals surface area contributed by atoms with Crippen LogP contribution in [0.2, 0.25) is 0 Å². The molecule has 12 heteroatoms. The fourth-order valence-electron chi connectivity index (χ4n) is 6.74. The molecule has 51 heavy (non-hydrogen) atoms. The van der Waals surface area contributed by atoms with Crippen molar-refractivity contribution in [2.24, 2.45) is 11.7 Å². The fraction of sp³-hybridized carbons (Fsp3) is 0.359. The Morgan fingerprint density at radius 1 is 0.765 bits per heavy atom. The van der Waals surface area contributed by atoms with Gasteiger partial charge in [0.25, 0.3) is 0 Å². The van der Waals surface area contributed by atoms with Gasteiger partial charge < -0.3 is 36.3 Å². The number of hydrogen-bond acceptors (Lipinski definition) is 7. The summed E-state index contributed by atoms with van der Waals surface area (Å²) in [5.74, 6) is -2.97. The molecule has 3 aromatic carbocycles. The van der Waals surface area contributed by atoms with Gasteiger partial charge in [0.1, 0.15) is 36.3 Å². The van der Waals surface area contributed by atoms with Crippen molar-refractivity contribution in [3.8, 4) is 0 Å². The van der Waals surface area contributed by atoms with Gasteiger partial charge in [0.2, 0.25) is 23.6 Å². The van der Waals surface area contributed by atoms with Gasteiger partial charge in [-0.2, -0.15) is 0 Å². The standard InChI is InChI=1S/C39H44N6O6/c1-23(2)34(40)39(50)51-27-20-33-37(48)43-30(17-24-11-5-3-6-12-24)35(46)42-31(19-26-21-41-29-16-10-9-15-28(26)29)36(47)44-32(38(49)45(33)22-27)18-25-13-7-4-8-14-25/h3-16,21,23,27,30-34,41H,17-20,22,40H2,1-2H3,(H,42,46)(H,43,48)(H,44,47)/t27-,30+,31-,32+,33-,34+/m1/s1. The number of carbonyl (C=O) groups is 5. The van der Waals surface area contributed by atoms with E-state index >= 15 is 0 Å². The zero-order valence-corrected chi connectivity index (χ0v) is 28.7. The van der Waals surface area contributed by atoms with Gasteiger partial charge >= 0.3 is 5.97 Å². The maximum atomic E-state index is 14.5. The van der Waals surface area contributed by atoms with E-state index in [0.29, 0.717) is 0 Å². The molecule has 4 aromatic rings. The molecule has 0 radical (unpaired) electrons. The number of benzene rings is 3. The van der Waals surface area contributed by atoms with E-state index in [1.54, 1.807) is 20.0 Å². The first kappa shape index (κ1) is 35.3. The number of para-hydroxylation sites is 1. The van der Waals surface area contributed by atoms with Crippen LogP contribution in [0.1, 0.15) is 37.0 Å². The maximum Gasteiger partial charge on any atom is 0.323 e. The molecule has 0 aliphatic carbocycles. The topological polar surface area (TPSA) is 176 Å². The van der Waals surface area contributed by atoms with Crippen LogP contribution in [-0.2, 0) is 48.0 Å². The lowest BCUT2D eigenvalue weighted by Gasteiger charge is -2.32. The van der Waals surface area contributed by atoms with Crippen LogP contribution in [0.4, 0.5) is 0 Å². The van der Waals surface area contributed by atoms with E-state index in [1.165, 1.54) is 4.90 Å². The molecule has 2 saturated heterocycles. The Morgan fingerprint density at radius 2 is 1.31 bits per heavy atom. The second-order valence-corrected chi connectivity index (χ2v) is 13.7. The molecule has 1 aromatic heterocycles. The van der Waals surface area contributed by atoms with Gasteiger partial charge in [-0.1, -0.05) is 92.7 Å². The van der Waals surface area contributed by atoms with Crippen LogP contribution in [0, 0.1) is 5.92 Å². The number of hydrogen-bond donors (Lipinski definition) is 5. The first-order valence-electron chi connectivity index (χ1n) is 17.4. The minimum atomic E-state index is -1.09. The summed E-state index contributed by atoms with van der Waals surface area (Å²) < 4.78 is 5.74. The number of ether oxygens (including phenoxy) is 1. The Morgan fingerprint density at radius 3 is 1.96 bits per heavy atom. The molecule has 0 spiro atoms. The van der Waals surface area contributed by atoms with Crippen LogP contribution in [0.5, 0.6) is 0 Å². The first-order chi connectivity index (χ1) is 24.6. The smallest absolute Gasteiger partial charge is 0.323 e. The normalized spacial score (nSPS) is 23.5. The van der Waals surface area contributed by atoms with E-state index in [1.807, 2.05) is 84.9 Å². The molecule has 2 fully saturated rings. The largest absolute Gasteiger partial charge is 0.459 e. The lowest BCUT2D eigenvalue weighted by Crippen LogP contribution is -2.62. The van der Waals surface area contributed by atoms with E-state index in [-0.39, 0.29) is 38.1 Å². The molecule has 3 heterocycles. The zero-order chi connectivity index (χ0) is 36.1. The first-order valence-corrected chi connectivity index (χ1v) is 17.4. The van der Waals surface area contributed by atoms with Crippen LogP contribution in [0.25, 0.3) is 10.9 Å². The summed E-state index contributed by atoms with van der Waals surface area (Å²) in [6, 6.07) is 20.9. The molecule has 0 saturated carbocycles. The van der Waals surface area contributed by atoms with E-state index < -0.39 is 65.9 Å². The molecule has 2 aliphatic heterocycles. The van der Waals surface area contributed by atoms with Gasteiger partial charge in [-0.05, 0) is 28.7 Å². The molecule has 0 bridgehead atoms. The van der Waals surface area contributed by atoms with Gasteiger partial charge in [-0.25, -0.2) is 0 Å². The quantitative estimate of drug-likeness (QED) is 0.167. The van der Waals surface area contributed by atoms with E-state index in [4.69, 9.17) is 10.5 Å². The number of carbonyl (C=O) groups excluding carboxylic acids is 5. The van der Waals surface area contributed by atoms with Crippen molar-refractivity contribution in [2.75, 3.05) is 6.54 Å². The van der Waals surface area contributed by atoms with Crippen molar-refractivity contribution in [2.45, 2.75) is 75.8 Å². The highest BCUT2D eigenvalue weighted by Crippen LogP contribution is 2.25. The van der Waals surface area contributed by atoms with Crippen molar-refractivity contribution in [1.82, 2.24) is 25.8 Å². The summed E-state index contributed by atoms with van der Waals surface area (Å²) in [6.07, 6.45) is 1.37. The number of aromatic amines is 1. The Balaban J connectivity index is 1.37. The highest BCUT2D eigenvalue weighted by Gasteiger charge is 2.45. The third-order valence-corrected chi connectivity index (χ3v) is 9.67. The predicted octanol–water partition coefficient (Wildman–Crippen LogP) is 2.16. The van der Waals surface area contributed by atoms with Crippen molar-refractivity contribution in [1.29, 1.82) is 0 Å². The van der Waals surface area contributed by atoms with E-state index in [9.17, 15) is 24.0 Å². The van der Waals surface area contributed by atoms with E-state index in [2.05, 4.69) is 20.9 Å². The number of nitrogens with one attached hydrogen (secondary N) is 4. The zero-order valence-electron chi connectivity index (χ0n) is 28.7. The minimum Gasteiger partial charge on any atom is -0.459 e. The van der Waals surface area contributed by atoms with Crippen molar-refractivity contribution < 1.29 is 28.7 Å². The van der Waals surface area contributed by atoms with Crippen LogP contribution in [0.3, 0.4) is 0 Å². The summed E-state index contributed by atoms with van der Waals surface area (Å²) in [6.45, 7) is 3.52. The molecule has 6 rings (SSSR count). The van der Waals surface area contributed by atoms with E-state index in [0.717, 1.165) is 27.6 Å². The van der Waals surface area contributed by atoms with Gasteiger partial charge in [-0.15, -0.1) is 0 Å². The SMILES string of the molecule is CC(C)[C@H](N)C(=O)O[C@@H]1C[C@@H]2C(=O)N[C@@H](Cc3ccccc3)C(=O)N[C@H](Cc3c[nH]c4ccccc34)C(=O)N[C@@H](Cc3ccccc3)C(=O)N2C1. The van der Waals surface area contributed by atoms with Crippen LogP contribution in [0.15, 0.2) is 91.1 Å². The Labute approximate surface area is 296 Å². The Bertz CT molecular complexity index is 1880. The second-order valence-electron chi connectivity index (χ2n) is 13.7. The van der Waals surface area contributed by atoms with Gasteiger partial charge in [0, 0.05) is 42.8 Å². The molecular formula is C39H44N6O6. The molecule has 266 valence electrons. The van der Waals surface area contributed by atoms with Crippen molar-refractivity contribution in [3.05, 3.63) is 108 Å². The summed E-state index contributed by atoms with van der Waals surface area (Å²) in [4.78, 5) is 74.5. The number of rotatable bonds is 9. The number of nitrogens with two attached hydrogens (primary N) is 1. The minimum absolute atomic E-state index is 0.00297. The summed E-state index contributed by atoms with van der Waals surface area (Å²) in [5.41, 5.74) is 9.32. The molecule has 4 amide bonds. The Kier molecular flexibility index (Phi) is 10.8. The van der Waals surface area contributed by atoms with Crippen LogP contribution < -0.4 is 21.7 Å². The molecule has 6 atom stereocenters. The molecule has 12 nitrogen and oxygen atoms in total.